The van der Waals surface area contributed by atoms with Crippen molar-refractivity contribution in [1.82, 2.24) is 9.97 Å². The molecule has 1 unspecified atom stereocenters. The van der Waals surface area contributed by atoms with Gasteiger partial charge in [-0.2, -0.15) is 0 Å². The molecule has 0 aromatic carbocycles. The molecule has 1 aromatic heterocycles. The van der Waals surface area contributed by atoms with E-state index in [1.165, 1.54) is 32.1 Å². The van der Waals surface area contributed by atoms with Crippen molar-refractivity contribution in [2.45, 2.75) is 57.9 Å². The molecule has 4 N–H and O–H groups in total. The van der Waals surface area contributed by atoms with Gasteiger partial charge in [0.15, 0.2) is 0 Å². The second kappa shape index (κ2) is 4.63. The molecule has 2 saturated carbocycles. The van der Waals surface area contributed by atoms with E-state index < -0.39 is 0 Å². The average Bonchev–Trinajstić information content (AvgIpc) is 3.15. The summed E-state index contributed by atoms with van der Waals surface area (Å²) in [5.41, 5.74) is 3.08. The van der Waals surface area contributed by atoms with Crippen LogP contribution in [0.5, 0.6) is 0 Å². The quantitative estimate of drug-likeness (QED) is 0.574. The van der Waals surface area contributed by atoms with Gasteiger partial charge in [0, 0.05) is 18.0 Å². The Balaban J connectivity index is 1.74. The zero-order valence-electron chi connectivity index (χ0n) is 11.7. The molecule has 1 atom stereocenters. The highest BCUT2D eigenvalue weighted by atomic mass is 15.3. The fraction of sp³-hybridized carbons (Fsp3) is 0.714. The minimum Gasteiger partial charge on any atom is -0.367 e. The van der Waals surface area contributed by atoms with Crippen molar-refractivity contribution >= 4 is 11.6 Å². The lowest BCUT2D eigenvalue weighted by Crippen LogP contribution is -2.19. The van der Waals surface area contributed by atoms with Crippen LogP contribution in [0.2, 0.25) is 0 Å². The van der Waals surface area contributed by atoms with E-state index in [9.17, 15) is 0 Å². The maximum absolute atomic E-state index is 5.49. The van der Waals surface area contributed by atoms with Crippen LogP contribution in [0.25, 0.3) is 0 Å². The van der Waals surface area contributed by atoms with Gasteiger partial charge >= 0.3 is 0 Å². The van der Waals surface area contributed by atoms with E-state index in [-0.39, 0.29) is 0 Å². The Morgan fingerprint density at radius 3 is 2.53 bits per heavy atom. The van der Waals surface area contributed by atoms with Crippen molar-refractivity contribution in [2.24, 2.45) is 11.3 Å². The van der Waals surface area contributed by atoms with Crippen LogP contribution in [-0.2, 0) is 0 Å². The van der Waals surface area contributed by atoms with Gasteiger partial charge in [-0.3, -0.25) is 0 Å². The van der Waals surface area contributed by atoms with Gasteiger partial charge in [0.25, 0.3) is 0 Å². The number of hydrogen-bond donors (Lipinski definition) is 3. The lowest BCUT2D eigenvalue weighted by molar-refractivity contribution is 0.378. The summed E-state index contributed by atoms with van der Waals surface area (Å²) in [6.07, 6.45) is 6.07. The summed E-state index contributed by atoms with van der Waals surface area (Å²) < 4.78 is 0. The standard InChI is InChI=1S/C14H23N5/c1-14(2)6-5-10(8-14)16-11-7-12(19-15)18-13(17-11)9-3-4-9/h7,9-10H,3-6,8,15H2,1-2H3,(H2,16,17,18,19). The molecule has 1 aromatic rings. The van der Waals surface area contributed by atoms with Crippen molar-refractivity contribution in [3.8, 4) is 0 Å². The Labute approximate surface area is 114 Å². The first-order chi connectivity index (χ1) is 9.05. The SMILES string of the molecule is CC1(C)CCC(Nc2cc(NN)nc(C3CC3)n2)C1. The number of nitrogens with two attached hydrogens (primary N) is 1. The number of nitrogens with one attached hydrogen (secondary N) is 2. The molecule has 0 saturated heterocycles. The number of nitrogens with zero attached hydrogens (tertiary/aromatic N) is 2. The van der Waals surface area contributed by atoms with Crippen LogP contribution in [-0.4, -0.2) is 16.0 Å². The molecule has 2 aliphatic rings. The first kappa shape index (κ1) is 12.7. The molecule has 0 bridgehead atoms. The Bertz CT molecular complexity index is 467. The Morgan fingerprint density at radius 1 is 1.21 bits per heavy atom. The summed E-state index contributed by atoms with van der Waals surface area (Å²) in [6, 6.07) is 2.42. The van der Waals surface area contributed by atoms with E-state index in [0.29, 0.717) is 23.2 Å². The molecule has 5 nitrogen and oxygen atoms in total. The number of aromatic nitrogens is 2. The Kier molecular flexibility index (Phi) is 3.09. The number of anilines is 2. The van der Waals surface area contributed by atoms with Crippen molar-refractivity contribution in [1.29, 1.82) is 0 Å². The van der Waals surface area contributed by atoms with Gasteiger partial charge in [-0.05, 0) is 37.5 Å². The molecule has 1 heterocycles. The van der Waals surface area contributed by atoms with E-state index in [1.54, 1.807) is 0 Å². The average molecular weight is 261 g/mol. The predicted molar refractivity (Wildman–Crippen MR) is 76.9 cm³/mol. The van der Waals surface area contributed by atoms with E-state index >= 15 is 0 Å². The molecule has 0 spiro atoms. The highest BCUT2D eigenvalue weighted by Crippen LogP contribution is 2.40. The molecular formula is C14H23N5. The lowest BCUT2D eigenvalue weighted by atomic mass is 9.92. The molecule has 0 amide bonds. The molecule has 0 aliphatic heterocycles. The van der Waals surface area contributed by atoms with Gasteiger partial charge < -0.3 is 10.7 Å². The second-order valence-electron chi connectivity index (χ2n) is 6.66. The second-order valence-corrected chi connectivity index (χ2v) is 6.66. The van der Waals surface area contributed by atoms with Gasteiger partial charge in [-0.1, -0.05) is 13.8 Å². The van der Waals surface area contributed by atoms with E-state index in [0.717, 1.165) is 11.6 Å². The van der Waals surface area contributed by atoms with Crippen molar-refractivity contribution in [3.05, 3.63) is 11.9 Å². The monoisotopic (exact) mass is 261 g/mol. The largest absolute Gasteiger partial charge is 0.367 e. The van der Waals surface area contributed by atoms with Crippen LogP contribution in [0.1, 0.15) is 57.7 Å². The molecule has 19 heavy (non-hydrogen) atoms. The highest BCUT2D eigenvalue weighted by Gasteiger charge is 2.32. The van der Waals surface area contributed by atoms with Gasteiger partial charge in [-0.25, -0.2) is 15.8 Å². The maximum atomic E-state index is 5.49. The van der Waals surface area contributed by atoms with Crippen molar-refractivity contribution in [3.63, 3.8) is 0 Å². The zero-order valence-corrected chi connectivity index (χ0v) is 11.7. The van der Waals surface area contributed by atoms with Gasteiger partial charge in [-0.15, -0.1) is 0 Å². The molecular weight excluding hydrogens is 238 g/mol. The van der Waals surface area contributed by atoms with E-state index in [2.05, 4.69) is 34.6 Å². The van der Waals surface area contributed by atoms with Crippen molar-refractivity contribution in [2.75, 3.05) is 10.7 Å². The van der Waals surface area contributed by atoms with Crippen LogP contribution in [0.15, 0.2) is 6.07 Å². The number of nitrogen functional groups attached to an aromatic ring is 1. The summed E-state index contributed by atoms with van der Waals surface area (Å²) in [5, 5.41) is 3.55. The molecule has 2 aliphatic carbocycles. The van der Waals surface area contributed by atoms with Gasteiger partial charge in [0.05, 0.1) is 0 Å². The molecule has 0 radical (unpaired) electrons. The minimum absolute atomic E-state index is 0.443. The highest BCUT2D eigenvalue weighted by molar-refractivity contribution is 5.48. The van der Waals surface area contributed by atoms with Crippen LogP contribution >= 0.6 is 0 Å². The molecule has 5 heteroatoms. The van der Waals surface area contributed by atoms with Gasteiger partial charge in [0.1, 0.15) is 17.5 Å². The third kappa shape index (κ3) is 2.97. The summed E-state index contributed by atoms with van der Waals surface area (Å²) in [5.74, 6) is 8.57. The van der Waals surface area contributed by atoms with E-state index in [1.807, 2.05) is 6.07 Å². The number of hydrogen-bond acceptors (Lipinski definition) is 5. The normalized spacial score (nSPS) is 25.3. The zero-order chi connectivity index (χ0) is 13.5. The number of rotatable bonds is 4. The topological polar surface area (TPSA) is 75.9 Å². The summed E-state index contributed by atoms with van der Waals surface area (Å²) in [6.45, 7) is 4.66. The fourth-order valence-electron chi connectivity index (χ4n) is 2.91. The third-order valence-electron chi connectivity index (χ3n) is 4.15. The molecule has 104 valence electrons. The minimum atomic E-state index is 0.443. The summed E-state index contributed by atoms with van der Waals surface area (Å²) in [7, 11) is 0. The molecule has 3 rings (SSSR count). The number of hydrazine groups is 1. The predicted octanol–water partition coefficient (Wildman–Crippen LogP) is 2.63. The first-order valence-electron chi connectivity index (χ1n) is 7.18. The smallest absolute Gasteiger partial charge is 0.145 e. The maximum Gasteiger partial charge on any atom is 0.145 e. The van der Waals surface area contributed by atoms with Crippen LogP contribution in [0.4, 0.5) is 11.6 Å². The first-order valence-corrected chi connectivity index (χ1v) is 7.18. The van der Waals surface area contributed by atoms with Crippen LogP contribution < -0.4 is 16.6 Å². The lowest BCUT2D eigenvalue weighted by Gasteiger charge is -2.18. The third-order valence-corrected chi connectivity index (χ3v) is 4.15. The Hall–Kier alpha value is -1.36. The van der Waals surface area contributed by atoms with Crippen molar-refractivity contribution < 1.29 is 0 Å². The van der Waals surface area contributed by atoms with Crippen LogP contribution in [0, 0.1) is 5.41 Å². The fourth-order valence-corrected chi connectivity index (χ4v) is 2.91. The summed E-state index contributed by atoms with van der Waals surface area (Å²) in [4.78, 5) is 9.07. The Morgan fingerprint density at radius 2 is 1.95 bits per heavy atom. The summed E-state index contributed by atoms with van der Waals surface area (Å²) >= 11 is 0. The van der Waals surface area contributed by atoms with Gasteiger partial charge in [0.2, 0.25) is 0 Å². The van der Waals surface area contributed by atoms with Crippen LogP contribution in [0.3, 0.4) is 0 Å². The van der Waals surface area contributed by atoms with E-state index in [4.69, 9.17) is 5.84 Å². The molecule has 2 fully saturated rings.